The third kappa shape index (κ3) is 21.8. The van der Waals surface area contributed by atoms with Gasteiger partial charge in [-0.05, 0) is 121 Å². The van der Waals surface area contributed by atoms with E-state index in [2.05, 4.69) is 34.9 Å². The average molecular weight is 1420 g/mol. The Kier molecular flexibility index (Phi) is 27.0. The summed E-state index contributed by atoms with van der Waals surface area (Å²) >= 11 is -1.33. The minimum absolute atomic E-state index is 0.0168. The first-order chi connectivity index (χ1) is 39.0. The Balaban J connectivity index is 0.000000226. The van der Waals surface area contributed by atoms with Gasteiger partial charge in [0.25, 0.3) is 9.05 Å². The van der Waals surface area contributed by atoms with Crippen LogP contribution in [0.2, 0.25) is 0 Å². The molecule has 0 bridgehead atoms. The van der Waals surface area contributed by atoms with Crippen molar-refractivity contribution in [1.82, 2.24) is 0 Å². The van der Waals surface area contributed by atoms with Gasteiger partial charge in [-0.25, -0.2) is 50.5 Å². The number of benzene rings is 6. The first kappa shape index (κ1) is 72.1. The summed E-state index contributed by atoms with van der Waals surface area (Å²) < 4.78 is 160. The van der Waals surface area contributed by atoms with Crippen molar-refractivity contribution in [2.24, 2.45) is 0 Å². The quantitative estimate of drug-likeness (QED) is 0.0913. The number of sulfonamides is 3. The Morgan fingerprint density at radius 2 is 0.679 bits per heavy atom. The maximum Gasteiger partial charge on any atom is -0.0273 e. The van der Waals surface area contributed by atoms with E-state index in [0.717, 1.165) is 47.9 Å². The van der Waals surface area contributed by atoms with Crippen LogP contribution in [0.5, 0.6) is 23.0 Å². The maximum absolute atomic E-state index is 13.0. The SMILES string of the molecule is COc1ccc(S(=O)(=O)Cl)cc1OC.COc1ccc(S(=O)(=O)c2ccc3c(c2)CCN3S(C)(=O)=O)cc1OC.CS(=O)(=O)Cl.CS(=O)(=O)N1CCc2ccccc21.CS(=O)(=O)N1CCc2ccccc21.[Cl][Fe]([Cl])[Cl].c1ccc2c(c1)CCC2. The van der Waals surface area contributed by atoms with Crippen molar-refractivity contribution in [1.29, 1.82) is 0 Å². The zero-order valence-electron chi connectivity index (χ0n) is 46.6. The van der Waals surface area contributed by atoms with Gasteiger partial charge < -0.3 is 18.9 Å². The van der Waals surface area contributed by atoms with Crippen LogP contribution in [0.4, 0.5) is 17.1 Å². The summed E-state index contributed by atoms with van der Waals surface area (Å²) in [6.07, 6.45) is 10.6. The molecule has 19 nitrogen and oxygen atoms in total. The van der Waals surface area contributed by atoms with Crippen molar-refractivity contribution in [2.75, 3.05) is 86.0 Å². The molecule has 6 aromatic rings. The average Bonchev–Trinajstić information content (AvgIpc) is 2.48. The Labute approximate surface area is 520 Å². The van der Waals surface area contributed by atoms with Crippen LogP contribution >= 0.6 is 51.7 Å². The number of nitrogens with zero attached hydrogens (tertiary/aromatic N) is 3. The number of ether oxygens (including phenoxy) is 4. The largest absolute Gasteiger partial charge is 0.0620 e. The molecule has 0 unspecified atom stereocenters. The smallest absolute Gasteiger partial charge is 0.0273 e. The molecular formula is C53H63Cl5FeN3O16S6. The minimum Gasteiger partial charge on any atom is -0.0620 e. The maximum atomic E-state index is 13.0. The third-order valence-electron chi connectivity index (χ3n) is 12.4. The molecule has 3 heterocycles. The number of aryl methyl sites for hydroxylation is 2. The Morgan fingerprint density at radius 3 is 1.04 bits per heavy atom. The Morgan fingerprint density at radius 1 is 0.381 bits per heavy atom. The van der Waals surface area contributed by atoms with E-state index in [9.17, 15) is 50.5 Å². The molecule has 1 aliphatic carbocycles. The van der Waals surface area contributed by atoms with E-state index < -0.39 is 69.2 Å². The number of hydrogen-bond donors (Lipinski definition) is 0. The van der Waals surface area contributed by atoms with E-state index in [4.69, 9.17) is 59.9 Å². The number of sulfone groups is 1. The fourth-order valence-electron chi connectivity index (χ4n) is 8.77. The topological polar surface area (TPSA) is 251 Å². The van der Waals surface area contributed by atoms with Crippen LogP contribution in [0.15, 0.2) is 142 Å². The van der Waals surface area contributed by atoms with Gasteiger partial charge >= 0.3 is 41.5 Å². The van der Waals surface area contributed by atoms with Gasteiger partial charge in [0.1, 0.15) is 0 Å². The summed E-state index contributed by atoms with van der Waals surface area (Å²) in [5.41, 5.74) is 8.27. The molecular weight excluding hydrogens is 1360 g/mol. The van der Waals surface area contributed by atoms with Gasteiger partial charge in [0.2, 0.25) is 49.0 Å². The van der Waals surface area contributed by atoms with Crippen molar-refractivity contribution in [3.63, 3.8) is 0 Å². The molecule has 0 saturated carbocycles. The van der Waals surface area contributed by atoms with Gasteiger partial charge in [0.15, 0.2) is 23.0 Å². The van der Waals surface area contributed by atoms with Crippen LogP contribution < -0.4 is 31.9 Å². The second kappa shape index (κ2) is 31.5. The molecule has 84 heavy (non-hydrogen) atoms. The molecule has 0 saturated heterocycles. The molecule has 6 aromatic carbocycles. The van der Waals surface area contributed by atoms with E-state index in [1.807, 2.05) is 48.5 Å². The summed E-state index contributed by atoms with van der Waals surface area (Å²) in [5.74, 6) is 1.54. The second-order valence-corrected chi connectivity index (χ2v) is 37.0. The molecule has 465 valence electrons. The second-order valence-electron chi connectivity index (χ2n) is 18.2. The molecule has 31 heteroatoms. The van der Waals surface area contributed by atoms with Crippen molar-refractivity contribution in [2.45, 2.75) is 53.2 Å². The van der Waals surface area contributed by atoms with Crippen molar-refractivity contribution >= 4 is 127 Å². The number of anilines is 3. The van der Waals surface area contributed by atoms with Gasteiger partial charge in [-0.2, -0.15) is 0 Å². The van der Waals surface area contributed by atoms with E-state index in [-0.39, 0.29) is 14.7 Å². The molecule has 0 spiro atoms. The van der Waals surface area contributed by atoms with E-state index in [1.165, 1.54) is 128 Å². The number of para-hydroxylation sites is 2. The molecule has 0 aromatic heterocycles. The first-order valence-corrected chi connectivity index (χ1v) is 41.1. The first-order valence-electron chi connectivity index (χ1n) is 24.5. The van der Waals surface area contributed by atoms with E-state index in [0.29, 0.717) is 60.3 Å². The number of methoxy groups -OCH3 is 4. The molecule has 0 atom stereocenters. The van der Waals surface area contributed by atoms with Crippen LogP contribution in [0, 0.1) is 0 Å². The van der Waals surface area contributed by atoms with E-state index >= 15 is 0 Å². The molecule has 0 fully saturated rings. The van der Waals surface area contributed by atoms with Crippen LogP contribution in [-0.4, -0.2) is 124 Å². The van der Waals surface area contributed by atoms with Crippen molar-refractivity contribution in [3.8, 4) is 23.0 Å². The Hall–Kier alpha value is -4.41. The van der Waals surface area contributed by atoms with Crippen molar-refractivity contribution < 1.29 is 80.6 Å². The summed E-state index contributed by atoms with van der Waals surface area (Å²) in [6, 6.07) is 37.0. The van der Waals surface area contributed by atoms with Crippen LogP contribution in [0.1, 0.15) is 34.2 Å². The fourth-order valence-corrected chi connectivity index (χ4v) is 13.7. The monoisotopic (exact) mass is 1420 g/mol. The van der Waals surface area contributed by atoms with Gasteiger partial charge in [0, 0.05) is 53.1 Å². The number of rotatable bonds is 10. The van der Waals surface area contributed by atoms with Crippen molar-refractivity contribution in [3.05, 3.63) is 155 Å². The predicted molar refractivity (Wildman–Crippen MR) is 331 cm³/mol. The normalized spacial score (nSPS) is 14.1. The van der Waals surface area contributed by atoms with Gasteiger partial charge in [-0.15, -0.1) is 0 Å². The summed E-state index contributed by atoms with van der Waals surface area (Å²) in [4.78, 5) is 0.170. The zero-order chi connectivity index (χ0) is 63.0. The summed E-state index contributed by atoms with van der Waals surface area (Å²) in [5, 5.41) is 0. The Bertz CT molecular complexity index is 3830. The molecule has 0 N–H and O–H groups in total. The van der Waals surface area contributed by atoms with E-state index in [1.54, 1.807) is 11.1 Å². The van der Waals surface area contributed by atoms with Crippen LogP contribution in [0.3, 0.4) is 0 Å². The number of fused-ring (bicyclic) bond motifs is 4. The number of halogens is 5. The minimum atomic E-state index is -3.77. The van der Waals surface area contributed by atoms with Crippen LogP contribution in [-0.2, 0) is 101 Å². The third-order valence-corrected chi connectivity index (χ3v) is 19.1. The fraction of sp³-hybridized carbons (Fsp3) is 0.321. The molecule has 4 aliphatic rings. The van der Waals surface area contributed by atoms with Crippen LogP contribution in [0.25, 0.3) is 0 Å². The van der Waals surface area contributed by atoms with Gasteiger partial charge in [-0.1, -0.05) is 60.7 Å². The van der Waals surface area contributed by atoms with Gasteiger partial charge in [-0.3, -0.25) is 12.9 Å². The summed E-state index contributed by atoms with van der Waals surface area (Å²) in [6.45, 7) is 1.48. The molecule has 10 rings (SSSR count). The standard InChI is InChI=1S/C17H19NO6S2.2C9H11NO2S.C9H10.C8H9ClO4S.CH3ClO2S.3ClH.Fe/c1-23-16-7-5-14(11-17(16)24-2)26(21,22)13-4-6-15-12(10-13)8-9-18(15)25(3,19)20;2*1-13(11,12)10-7-6-8-4-2-3-5-9(8)10;1-2-5-9-7-3-6-8(9)4-1;1-12-7-4-3-6(14(9,10)11)5-8(7)13-2;1-5(2,3)4;;;;/h4-7,10-11H,8-9H2,1-3H3;2*2-5H,6-7H2,1H3;1-2,4-5H,3,6-7H2;3-5H,1-2H3;1H3;3*1H;/q;;;;;;;;;+3/p-3. The number of hydrogen-bond acceptors (Lipinski definition) is 16. The zero-order valence-corrected chi connectivity index (χ0v) is 56.3. The molecule has 0 radical (unpaired) electrons. The summed E-state index contributed by atoms with van der Waals surface area (Å²) in [7, 11) is 9.88. The molecule has 0 amide bonds. The molecule has 3 aliphatic heterocycles. The predicted octanol–water partition coefficient (Wildman–Crippen LogP) is 9.93. The van der Waals surface area contributed by atoms with Gasteiger partial charge in [0.05, 0.1) is 85.2 Å².